The zero-order chi connectivity index (χ0) is 40.6. The van der Waals surface area contributed by atoms with Crippen LogP contribution in [0.3, 0.4) is 0 Å². The Morgan fingerprint density at radius 3 is 2.56 bits per heavy atom. The van der Waals surface area contributed by atoms with Crippen molar-refractivity contribution in [2.24, 2.45) is 18.4 Å². The van der Waals surface area contributed by atoms with Gasteiger partial charge in [0.25, 0.3) is 5.91 Å². The first-order valence-electron chi connectivity index (χ1n) is 19.6. The molecule has 5 atom stereocenters. The minimum absolute atomic E-state index is 0.00525. The Morgan fingerprint density at radius 1 is 1.07 bits per heavy atom. The number of aromatic nitrogens is 3. The number of hydrogen-bond donors (Lipinski definition) is 2. The molecule has 2 aliphatic carbocycles. The minimum Gasteiger partial charge on any atom is -0.495 e. The van der Waals surface area contributed by atoms with Gasteiger partial charge in [-0.3, -0.25) is 28.6 Å². The van der Waals surface area contributed by atoms with Gasteiger partial charge in [0.05, 0.1) is 46.5 Å². The fourth-order valence-corrected chi connectivity index (χ4v) is 9.86. The van der Waals surface area contributed by atoms with Crippen LogP contribution in [0, 0.1) is 11.3 Å². The van der Waals surface area contributed by atoms with Gasteiger partial charge in [0.1, 0.15) is 29.3 Å². The van der Waals surface area contributed by atoms with Gasteiger partial charge in [-0.1, -0.05) is 25.0 Å². The van der Waals surface area contributed by atoms with Gasteiger partial charge in [-0.05, 0) is 92.4 Å². The molecule has 1 saturated heterocycles. The van der Waals surface area contributed by atoms with Crippen LogP contribution in [0.2, 0.25) is 0 Å². The van der Waals surface area contributed by atoms with E-state index in [1.165, 1.54) is 9.58 Å². The van der Waals surface area contributed by atoms with Gasteiger partial charge in [-0.2, -0.15) is 5.10 Å². The van der Waals surface area contributed by atoms with Crippen LogP contribution in [0.25, 0.3) is 10.9 Å². The fraction of sp³-hybridized carbons (Fsp3) is 0.550. The van der Waals surface area contributed by atoms with Crippen molar-refractivity contribution in [3.05, 3.63) is 52.8 Å². The second-order valence-electron chi connectivity index (χ2n) is 15.8. The Bertz CT molecular complexity index is 2210. The molecule has 15 nitrogen and oxygen atoms in total. The van der Waals surface area contributed by atoms with Crippen LogP contribution in [0.1, 0.15) is 88.5 Å². The van der Waals surface area contributed by atoms with Gasteiger partial charge < -0.3 is 24.4 Å². The molecule has 2 N–H and O–H groups in total. The molecule has 7 rings (SSSR count). The van der Waals surface area contributed by atoms with Gasteiger partial charge in [0, 0.05) is 37.5 Å². The smallest absolute Gasteiger partial charge is 0.272 e. The molecule has 4 heterocycles. The van der Waals surface area contributed by atoms with Crippen LogP contribution >= 0.6 is 15.9 Å². The average molecular weight is 870 g/mol. The Balaban J connectivity index is 1.23. The number of rotatable bonds is 10. The first-order valence-corrected chi connectivity index (χ1v) is 21.9. The molecule has 3 fully saturated rings. The molecule has 306 valence electrons. The second-order valence-corrected chi connectivity index (χ2v) is 18.6. The zero-order valence-electron chi connectivity index (χ0n) is 32.5. The normalized spacial score (nSPS) is 26.2. The second kappa shape index (κ2) is 16.4. The largest absolute Gasteiger partial charge is 0.495 e. The molecule has 1 aromatic carbocycles. The van der Waals surface area contributed by atoms with E-state index < -0.39 is 56.6 Å². The van der Waals surface area contributed by atoms with Crippen LogP contribution in [0.4, 0.5) is 0 Å². The highest BCUT2D eigenvalue weighted by molar-refractivity contribution is 9.10. The Morgan fingerprint density at radius 2 is 1.86 bits per heavy atom. The highest BCUT2D eigenvalue weighted by Crippen LogP contribution is 2.57. The summed E-state index contributed by atoms with van der Waals surface area (Å²) in [6.07, 6.45) is 9.02. The molecule has 2 saturated carbocycles. The Hall–Kier alpha value is -4.51. The molecule has 2 aliphatic heterocycles. The third-order valence-electron chi connectivity index (χ3n) is 11.2. The number of fused-ring (bicyclic) bond motifs is 3. The number of ether oxygens (including phenoxy) is 3. The van der Waals surface area contributed by atoms with E-state index in [9.17, 15) is 27.6 Å². The van der Waals surface area contributed by atoms with E-state index in [1.54, 1.807) is 38.6 Å². The summed E-state index contributed by atoms with van der Waals surface area (Å²) in [5.41, 5.74) is -0.588. The van der Waals surface area contributed by atoms with Gasteiger partial charge in [-0.15, -0.1) is 0 Å². The number of hydrogen-bond acceptors (Lipinski definition) is 11. The lowest BCUT2D eigenvalue weighted by Crippen LogP contribution is -2.52. The third-order valence-corrected chi connectivity index (χ3v) is 13.8. The number of carbonyl (C=O) groups is 4. The van der Waals surface area contributed by atoms with Crippen LogP contribution in [0.5, 0.6) is 17.4 Å². The summed E-state index contributed by atoms with van der Waals surface area (Å²) >= 11 is 3.60. The number of methoxy groups -OCH3 is 1. The third kappa shape index (κ3) is 8.83. The van der Waals surface area contributed by atoms with E-state index >= 15 is 0 Å². The Labute approximate surface area is 340 Å². The summed E-state index contributed by atoms with van der Waals surface area (Å²) in [4.78, 5) is 62.8. The number of pyridine rings is 1. The monoisotopic (exact) mass is 868 g/mol. The standard InChI is InChI=1S/C40H49BrN6O9S/c1-23(2)55-34-19-33(27-14-15-32(54-4)35(41)36(27)43-34)56-25-18-30-31(48)21-40(39(51)45-57(52,53)26-12-13-26)20-24(40)10-8-6-5-7-9-11-29(38(50)47(30)22-25)42-37(49)28-16-17-46(3)44-28/h8,10,14-17,19,23-26,29-30H,5-7,9,11-13,18,20-22H2,1-4H3,(H,42,49)(H,45,51)/b10-8-/t24-,25+,29-,30-,40+/m0/s1. The lowest BCUT2D eigenvalue weighted by Gasteiger charge is -2.29. The van der Waals surface area contributed by atoms with Gasteiger partial charge in [0.15, 0.2) is 5.78 Å². The highest BCUT2D eigenvalue weighted by atomic mass is 79.9. The number of ketones is 1. The van der Waals surface area contributed by atoms with E-state index in [1.807, 2.05) is 32.1 Å². The van der Waals surface area contributed by atoms with Crippen molar-refractivity contribution in [2.45, 2.75) is 108 Å². The topological polar surface area (TPSA) is 188 Å². The number of Topliss-reactive ketones (excluding diaryl/α,β-unsaturated/α-hetero) is 1. The van der Waals surface area contributed by atoms with Crippen molar-refractivity contribution in [3.8, 4) is 17.4 Å². The van der Waals surface area contributed by atoms with Crippen molar-refractivity contribution in [3.63, 3.8) is 0 Å². The van der Waals surface area contributed by atoms with E-state index in [-0.39, 0.29) is 42.9 Å². The average Bonchev–Trinajstić information content (AvgIpc) is 4.05. The van der Waals surface area contributed by atoms with Crippen LogP contribution < -0.4 is 24.2 Å². The number of sulfonamides is 1. The van der Waals surface area contributed by atoms with E-state index in [0.717, 1.165) is 12.8 Å². The molecule has 0 radical (unpaired) electrons. The van der Waals surface area contributed by atoms with Crippen molar-refractivity contribution in [1.82, 2.24) is 29.7 Å². The summed E-state index contributed by atoms with van der Waals surface area (Å²) in [5, 5.41) is 7.13. The van der Waals surface area contributed by atoms with Crippen LogP contribution in [0.15, 0.2) is 47.1 Å². The van der Waals surface area contributed by atoms with Gasteiger partial charge >= 0.3 is 0 Å². The quantitative estimate of drug-likeness (QED) is 0.268. The Kier molecular flexibility index (Phi) is 11.7. The van der Waals surface area contributed by atoms with E-state index in [4.69, 9.17) is 19.2 Å². The molecule has 57 heavy (non-hydrogen) atoms. The highest BCUT2D eigenvalue weighted by Gasteiger charge is 2.61. The maximum absolute atomic E-state index is 14.7. The summed E-state index contributed by atoms with van der Waals surface area (Å²) in [7, 11) is -0.624. The van der Waals surface area contributed by atoms with Crippen LogP contribution in [-0.4, -0.2) is 94.8 Å². The fourth-order valence-electron chi connectivity index (χ4n) is 7.88. The number of nitrogens with zero attached hydrogens (tertiary/aromatic N) is 4. The summed E-state index contributed by atoms with van der Waals surface area (Å²) < 4.78 is 48.4. The number of amides is 3. The lowest BCUT2D eigenvalue weighted by atomic mass is 9.91. The number of allylic oxidation sites excluding steroid dienone is 2. The van der Waals surface area contributed by atoms with Crippen molar-refractivity contribution in [1.29, 1.82) is 0 Å². The predicted octanol–water partition coefficient (Wildman–Crippen LogP) is 4.77. The molecule has 3 amide bonds. The summed E-state index contributed by atoms with van der Waals surface area (Å²) in [6, 6.07) is 4.83. The minimum atomic E-state index is -3.87. The SMILES string of the molecule is COc1ccc2c(O[C@@H]3C[C@H]4C(=O)C[C@]5(C(=O)NS(=O)(=O)C6CC6)C[C@@H]5/C=C\CCCCC[C@H](NC(=O)c5ccn(C)n5)C(=O)N4C3)cc(OC(C)C)nc2c1Br. The molecule has 0 unspecified atom stereocenters. The summed E-state index contributed by atoms with van der Waals surface area (Å²) in [6.45, 7) is 3.76. The number of nitrogens with one attached hydrogen (secondary N) is 2. The van der Waals surface area contributed by atoms with Crippen molar-refractivity contribution < 1.29 is 41.8 Å². The van der Waals surface area contributed by atoms with Gasteiger partial charge in [-0.25, -0.2) is 13.4 Å². The lowest BCUT2D eigenvalue weighted by molar-refractivity contribution is -0.140. The molecular weight excluding hydrogens is 820 g/mol. The predicted molar refractivity (Wildman–Crippen MR) is 213 cm³/mol. The molecule has 0 bridgehead atoms. The molecule has 0 spiro atoms. The number of halogens is 1. The molecule has 4 aliphatic rings. The number of benzene rings is 1. The van der Waals surface area contributed by atoms with E-state index in [0.29, 0.717) is 71.3 Å². The van der Waals surface area contributed by atoms with Gasteiger partial charge in [0.2, 0.25) is 27.7 Å². The van der Waals surface area contributed by atoms with Crippen molar-refractivity contribution in [2.75, 3.05) is 13.7 Å². The maximum Gasteiger partial charge on any atom is 0.272 e. The maximum atomic E-state index is 14.7. The van der Waals surface area contributed by atoms with Crippen molar-refractivity contribution >= 4 is 60.4 Å². The van der Waals surface area contributed by atoms with E-state index in [2.05, 4.69) is 31.1 Å². The first kappa shape index (κ1) is 40.7. The van der Waals surface area contributed by atoms with Crippen LogP contribution in [-0.2, 0) is 31.5 Å². The molecular formula is C40H49BrN6O9S. The number of aryl methyl sites for hydroxylation is 1. The first-order chi connectivity index (χ1) is 27.2. The molecule has 2 aromatic heterocycles. The molecule has 17 heteroatoms. The molecule has 3 aromatic rings. The summed E-state index contributed by atoms with van der Waals surface area (Å²) in [5.74, 6) is -1.09. The zero-order valence-corrected chi connectivity index (χ0v) is 34.9. The number of carbonyl (C=O) groups excluding carboxylic acids is 4.